The van der Waals surface area contributed by atoms with Gasteiger partial charge in [-0.15, -0.1) is 0 Å². The van der Waals surface area contributed by atoms with Gasteiger partial charge in [-0.2, -0.15) is 0 Å². The third kappa shape index (κ3) is 4.62. The van der Waals surface area contributed by atoms with Gasteiger partial charge in [-0.3, -0.25) is 4.79 Å². The fourth-order valence-electron chi connectivity index (χ4n) is 1.30. The van der Waals surface area contributed by atoms with Crippen molar-refractivity contribution in [2.75, 3.05) is 13.2 Å². The lowest BCUT2D eigenvalue weighted by atomic mass is 9.96. The monoisotopic (exact) mass is 214 g/mol. The maximum atomic E-state index is 11.3. The second-order valence-electron chi connectivity index (χ2n) is 4.40. The molecule has 0 aromatic carbocycles. The Morgan fingerprint density at radius 3 is 2.53 bits per heavy atom. The molecule has 0 radical (unpaired) electrons. The van der Waals surface area contributed by atoms with E-state index >= 15 is 0 Å². The highest BCUT2D eigenvalue weighted by atomic mass is 16.5. The van der Waals surface area contributed by atoms with Crippen LogP contribution >= 0.6 is 0 Å². The van der Waals surface area contributed by atoms with Crippen molar-refractivity contribution in [2.24, 2.45) is 5.73 Å². The van der Waals surface area contributed by atoms with Gasteiger partial charge in [0, 0.05) is 11.6 Å². The van der Waals surface area contributed by atoms with Gasteiger partial charge >= 0.3 is 0 Å². The number of rotatable bonds is 7. The van der Waals surface area contributed by atoms with Crippen LogP contribution in [-0.4, -0.2) is 30.7 Å². The average molecular weight is 214 g/mol. The SMILES string of the molecule is CCC(N)(CC)COCC(=O)NC1CC1. The lowest BCUT2D eigenvalue weighted by Crippen LogP contribution is -2.44. The van der Waals surface area contributed by atoms with Crippen LogP contribution in [0, 0.1) is 0 Å². The summed E-state index contributed by atoms with van der Waals surface area (Å²) in [6.07, 6.45) is 3.95. The van der Waals surface area contributed by atoms with Crippen LogP contribution in [0.4, 0.5) is 0 Å². The van der Waals surface area contributed by atoms with E-state index in [1.165, 1.54) is 0 Å². The summed E-state index contributed by atoms with van der Waals surface area (Å²) in [4.78, 5) is 11.3. The highest BCUT2D eigenvalue weighted by molar-refractivity contribution is 5.77. The summed E-state index contributed by atoms with van der Waals surface area (Å²) in [5.41, 5.74) is 5.76. The third-order valence-corrected chi connectivity index (χ3v) is 2.97. The fourth-order valence-corrected chi connectivity index (χ4v) is 1.30. The second kappa shape index (κ2) is 5.47. The third-order valence-electron chi connectivity index (χ3n) is 2.97. The first kappa shape index (κ1) is 12.5. The number of nitrogens with one attached hydrogen (secondary N) is 1. The Balaban J connectivity index is 2.10. The summed E-state index contributed by atoms with van der Waals surface area (Å²) in [6, 6.07) is 0.404. The molecule has 0 aromatic rings. The van der Waals surface area contributed by atoms with Gasteiger partial charge in [-0.05, 0) is 25.7 Å². The van der Waals surface area contributed by atoms with Crippen molar-refractivity contribution < 1.29 is 9.53 Å². The van der Waals surface area contributed by atoms with Crippen LogP contribution in [0.3, 0.4) is 0 Å². The van der Waals surface area contributed by atoms with Crippen molar-refractivity contribution in [2.45, 2.75) is 51.1 Å². The lowest BCUT2D eigenvalue weighted by Gasteiger charge is -2.25. The van der Waals surface area contributed by atoms with Crippen molar-refractivity contribution in [1.29, 1.82) is 0 Å². The summed E-state index contributed by atoms with van der Waals surface area (Å²) in [5.74, 6) is -0.0212. The summed E-state index contributed by atoms with van der Waals surface area (Å²) < 4.78 is 5.33. The van der Waals surface area contributed by atoms with Crippen molar-refractivity contribution in [3.8, 4) is 0 Å². The molecule has 1 fully saturated rings. The summed E-state index contributed by atoms with van der Waals surface area (Å²) in [5, 5.41) is 2.87. The highest BCUT2D eigenvalue weighted by Crippen LogP contribution is 2.18. The minimum atomic E-state index is -0.278. The van der Waals surface area contributed by atoms with E-state index in [4.69, 9.17) is 10.5 Å². The Morgan fingerprint density at radius 2 is 2.07 bits per heavy atom. The molecule has 0 aromatic heterocycles. The molecule has 1 aliphatic rings. The number of nitrogens with two attached hydrogens (primary N) is 1. The largest absolute Gasteiger partial charge is 0.370 e. The van der Waals surface area contributed by atoms with E-state index in [1.807, 2.05) is 13.8 Å². The predicted molar refractivity (Wildman–Crippen MR) is 59.5 cm³/mol. The molecule has 3 N–H and O–H groups in total. The zero-order valence-corrected chi connectivity index (χ0v) is 9.71. The predicted octanol–water partition coefficient (Wildman–Crippen LogP) is 0.799. The Bertz CT molecular complexity index is 211. The Labute approximate surface area is 91.5 Å². The molecule has 0 spiro atoms. The van der Waals surface area contributed by atoms with Crippen molar-refractivity contribution in [1.82, 2.24) is 5.32 Å². The van der Waals surface area contributed by atoms with Crippen molar-refractivity contribution in [3.63, 3.8) is 0 Å². The van der Waals surface area contributed by atoms with Gasteiger partial charge in [-0.25, -0.2) is 0 Å². The number of carbonyl (C=O) groups is 1. The Kier molecular flexibility index (Phi) is 4.54. The topological polar surface area (TPSA) is 64.3 Å². The number of hydrogen-bond acceptors (Lipinski definition) is 3. The molecule has 0 saturated heterocycles. The molecule has 0 bridgehead atoms. The van der Waals surface area contributed by atoms with Crippen LogP contribution < -0.4 is 11.1 Å². The van der Waals surface area contributed by atoms with Crippen LogP contribution in [0.25, 0.3) is 0 Å². The van der Waals surface area contributed by atoms with Crippen molar-refractivity contribution in [3.05, 3.63) is 0 Å². The molecule has 1 saturated carbocycles. The first-order valence-corrected chi connectivity index (χ1v) is 5.75. The van der Waals surface area contributed by atoms with Gasteiger partial charge in [0.05, 0.1) is 6.61 Å². The van der Waals surface area contributed by atoms with Gasteiger partial charge in [0.25, 0.3) is 0 Å². The summed E-state index contributed by atoms with van der Waals surface area (Å²) in [6.45, 7) is 4.67. The molecule has 0 aliphatic heterocycles. The van der Waals surface area contributed by atoms with E-state index in [0.29, 0.717) is 12.6 Å². The minimum Gasteiger partial charge on any atom is -0.370 e. The molecule has 4 nitrogen and oxygen atoms in total. The smallest absolute Gasteiger partial charge is 0.246 e. The van der Waals surface area contributed by atoms with Crippen LogP contribution in [0.5, 0.6) is 0 Å². The van der Waals surface area contributed by atoms with Crippen LogP contribution in [0.2, 0.25) is 0 Å². The number of ether oxygens (including phenoxy) is 1. The van der Waals surface area contributed by atoms with E-state index < -0.39 is 0 Å². The first-order chi connectivity index (χ1) is 7.09. The van der Waals surface area contributed by atoms with Gasteiger partial charge in [-0.1, -0.05) is 13.8 Å². The van der Waals surface area contributed by atoms with Gasteiger partial charge in [0.1, 0.15) is 6.61 Å². The lowest BCUT2D eigenvalue weighted by molar-refractivity contribution is -0.126. The molecule has 88 valence electrons. The van der Waals surface area contributed by atoms with E-state index in [-0.39, 0.29) is 18.1 Å². The van der Waals surface area contributed by atoms with Crippen LogP contribution in [0.15, 0.2) is 0 Å². The minimum absolute atomic E-state index is 0.0212. The van der Waals surface area contributed by atoms with Crippen LogP contribution in [-0.2, 0) is 9.53 Å². The first-order valence-electron chi connectivity index (χ1n) is 5.75. The quantitative estimate of drug-likeness (QED) is 0.659. The number of amides is 1. The molecule has 1 aliphatic carbocycles. The maximum Gasteiger partial charge on any atom is 0.246 e. The van der Waals surface area contributed by atoms with E-state index in [0.717, 1.165) is 25.7 Å². The molecule has 15 heavy (non-hydrogen) atoms. The van der Waals surface area contributed by atoms with Crippen LogP contribution in [0.1, 0.15) is 39.5 Å². The highest BCUT2D eigenvalue weighted by Gasteiger charge is 2.24. The normalized spacial score (nSPS) is 16.5. The summed E-state index contributed by atoms with van der Waals surface area (Å²) >= 11 is 0. The number of hydrogen-bond donors (Lipinski definition) is 2. The molecule has 0 heterocycles. The molecular weight excluding hydrogens is 192 g/mol. The zero-order chi connectivity index (χ0) is 11.3. The molecule has 4 heteroatoms. The van der Waals surface area contributed by atoms with Gasteiger partial charge < -0.3 is 15.8 Å². The van der Waals surface area contributed by atoms with E-state index in [1.54, 1.807) is 0 Å². The molecular formula is C11H22N2O2. The maximum absolute atomic E-state index is 11.3. The Hall–Kier alpha value is -0.610. The molecule has 0 atom stereocenters. The molecule has 1 rings (SSSR count). The molecule has 1 amide bonds. The fraction of sp³-hybridized carbons (Fsp3) is 0.909. The van der Waals surface area contributed by atoms with Gasteiger partial charge in [0.15, 0.2) is 0 Å². The number of carbonyl (C=O) groups excluding carboxylic acids is 1. The van der Waals surface area contributed by atoms with E-state index in [2.05, 4.69) is 5.32 Å². The van der Waals surface area contributed by atoms with E-state index in [9.17, 15) is 4.79 Å². The Morgan fingerprint density at radius 1 is 1.47 bits per heavy atom. The van der Waals surface area contributed by atoms with Gasteiger partial charge in [0.2, 0.25) is 5.91 Å². The average Bonchev–Trinajstić information content (AvgIpc) is 3.01. The molecule has 0 unspecified atom stereocenters. The van der Waals surface area contributed by atoms with Crippen molar-refractivity contribution >= 4 is 5.91 Å². The second-order valence-corrected chi connectivity index (χ2v) is 4.40. The zero-order valence-electron chi connectivity index (χ0n) is 9.71. The summed E-state index contributed by atoms with van der Waals surface area (Å²) in [7, 11) is 0. The standard InChI is InChI=1S/C11H22N2O2/c1-3-11(12,4-2)8-15-7-10(14)13-9-5-6-9/h9H,3-8,12H2,1-2H3,(H,13,14).